The van der Waals surface area contributed by atoms with Gasteiger partial charge >= 0.3 is 0 Å². The highest BCUT2D eigenvalue weighted by molar-refractivity contribution is 7.89. The second-order valence-corrected chi connectivity index (χ2v) is 8.22. The Morgan fingerprint density at radius 3 is 2.26 bits per heavy atom. The van der Waals surface area contributed by atoms with Crippen molar-refractivity contribution in [2.45, 2.75) is 11.3 Å². The molecular weight excluding hydrogens is 372 g/mol. The average molecular weight is 395 g/mol. The first-order valence-electron chi connectivity index (χ1n) is 8.93. The first-order chi connectivity index (χ1) is 13.0. The summed E-state index contributed by atoms with van der Waals surface area (Å²) in [4.78, 5) is 4.15. The first kappa shape index (κ1) is 19.7. The number of hydrogen-bond donors (Lipinski definition) is 1. The molecule has 0 radical (unpaired) electrons. The Bertz CT molecular complexity index is 852. The monoisotopic (exact) mass is 395 g/mol. The summed E-state index contributed by atoms with van der Waals surface area (Å²) in [7, 11) is -3.82. The van der Waals surface area contributed by atoms with Crippen molar-refractivity contribution in [3.8, 4) is 0 Å². The molecule has 5 nitrogen and oxygen atoms in total. The van der Waals surface area contributed by atoms with Crippen LogP contribution in [0.3, 0.4) is 0 Å². The van der Waals surface area contributed by atoms with Crippen LogP contribution in [-0.2, 0) is 10.0 Å². The van der Waals surface area contributed by atoms with Gasteiger partial charge in [-0.15, -0.1) is 0 Å². The largest absolute Gasteiger partial charge is 0.369 e. The summed E-state index contributed by atoms with van der Waals surface area (Å²) in [5, 5.41) is 0. The minimum atomic E-state index is -3.82. The lowest BCUT2D eigenvalue weighted by Crippen LogP contribution is -2.47. The lowest BCUT2D eigenvalue weighted by Gasteiger charge is -2.36. The van der Waals surface area contributed by atoms with E-state index in [0.717, 1.165) is 44.5 Å². The molecule has 0 saturated carbocycles. The molecule has 2 aromatic carbocycles. The van der Waals surface area contributed by atoms with Crippen molar-refractivity contribution in [1.82, 2.24) is 9.62 Å². The summed E-state index contributed by atoms with van der Waals surface area (Å²) in [6.45, 7) is 4.42. The SMILES string of the molecule is O=S(=O)(NCCCN1CCN(c2ccc(F)cc2)CC1)c1ccccc1F. The molecule has 2 aromatic rings. The van der Waals surface area contributed by atoms with Gasteiger partial charge in [0.25, 0.3) is 0 Å². The van der Waals surface area contributed by atoms with E-state index in [1.807, 2.05) is 0 Å². The Labute approximate surface area is 158 Å². The molecule has 1 saturated heterocycles. The fourth-order valence-electron chi connectivity index (χ4n) is 3.13. The number of rotatable bonds is 7. The average Bonchev–Trinajstić information content (AvgIpc) is 2.67. The van der Waals surface area contributed by atoms with E-state index in [1.165, 1.54) is 30.3 Å². The number of nitrogens with one attached hydrogen (secondary N) is 1. The molecule has 1 heterocycles. The Balaban J connectivity index is 1.40. The predicted octanol–water partition coefficient (Wildman–Crippen LogP) is 2.46. The number of halogens is 2. The van der Waals surface area contributed by atoms with E-state index < -0.39 is 15.8 Å². The molecule has 0 bridgehead atoms. The molecule has 0 amide bonds. The third-order valence-electron chi connectivity index (χ3n) is 4.63. The van der Waals surface area contributed by atoms with Crippen LogP contribution in [0.2, 0.25) is 0 Å². The van der Waals surface area contributed by atoms with Crippen LogP contribution in [0, 0.1) is 11.6 Å². The maximum Gasteiger partial charge on any atom is 0.243 e. The maximum absolute atomic E-state index is 13.6. The molecule has 27 heavy (non-hydrogen) atoms. The Hall–Kier alpha value is -2.03. The van der Waals surface area contributed by atoms with Gasteiger partial charge in [-0.25, -0.2) is 21.9 Å². The quantitative estimate of drug-likeness (QED) is 0.732. The Morgan fingerprint density at radius 2 is 1.59 bits per heavy atom. The molecule has 0 atom stereocenters. The van der Waals surface area contributed by atoms with Gasteiger partial charge in [0, 0.05) is 38.4 Å². The minimum absolute atomic E-state index is 0.241. The van der Waals surface area contributed by atoms with E-state index in [9.17, 15) is 17.2 Å². The Kier molecular flexibility index (Phi) is 6.41. The van der Waals surface area contributed by atoms with Gasteiger partial charge in [0.2, 0.25) is 10.0 Å². The molecular formula is C19H23F2N3O2S. The van der Waals surface area contributed by atoms with Crippen LogP contribution in [-0.4, -0.2) is 52.6 Å². The number of benzene rings is 2. The van der Waals surface area contributed by atoms with Crippen LogP contribution in [0.5, 0.6) is 0 Å². The summed E-state index contributed by atoms with van der Waals surface area (Å²) in [5.41, 5.74) is 1.01. The first-order valence-corrected chi connectivity index (χ1v) is 10.4. The zero-order valence-electron chi connectivity index (χ0n) is 14.9. The third kappa shape index (κ3) is 5.24. The van der Waals surface area contributed by atoms with Crippen LogP contribution in [0.1, 0.15) is 6.42 Å². The number of anilines is 1. The van der Waals surface area contributed by atoms with Crippen LogP contribution in [0.25, 0.3) is 0 Å². The summed E-state index contributed by atoms with van der Waals surface area (Å²) in [5.74, 6) is -0.989. The topological polar surface area (TPSA) is 52.7 Å². The molecule has 146 valence electrons. The standard InChI is InChI=1S/C19H23F2N3O2S/c20-16-6-8-17(9-7-16)24-14-12-23(13-15-24)11-3-10-22-27(25,26)19-5-2-1-4-18(19)21/h1-2,4-9,22H,3,10-15H2. The van der Waals surface area contributed by atoms with Crippen molar-refractivity contribution in [3.63, 3.8) is 0 Å². The zero-order valence-corrected chi connectivity index (χ0v) is 15.8. The molecule has 8 heteroatoms. The fourth-order valence-corrected chi connectivity index (χ4v) is 4.28. The van der Waals surface area contributed by atoms with Gasteiger partial charge in [-0.05, 0) is 49.4 Å². The van der Waals surface area contributed by atoms with Gasteiger partial charge in [-0.2, -0.15) is 0 Å². The number of hydrogen-bond acceptors (Lipinski definition) is 4. The van der Waals surface area contributed by atoms with Crippen molar-refractivity contribution in [2.75, 3.05) is 44.2 Å². The van der Waals surface area contributed by atoms with Gasteiger partial charge in [0.05, 0.1) is 0 Å². The number of sulfonamides is 1. The second-order valence-electron chi connectivity index (χ2n) is 6.49. The van der Waals surface area contributed by atoms with Crippen molar-refractivity contribution in [1.29, 1.82) is 0 Å². The van der Waals surface area contributed by atoms with Gasteiger partial charge in [0.1, 0.15) is 16.5 Å². The summed E-state index contributed by atoms with van der Waals surface area (Å²) >= 11 is 0. The lowest BCUT2D eigenvalue weighted by atomic mass is 10.2. The molecule has 0 aromatic heterocycles. The molecule has 0 unspecified atom stereocenters. The van der Waals surface area contributed by atoms with Gasteiger partial charge in [-0.1, -0.05) is 12.1 Å². The highest BCUT2D eigenvalue weighted by Gasteiger charge is 2.19. The highest BCUT2D eigenvalue weighted by Crippen LogP contribution is 2.17. The van der Waals surface area contributed by atoms with Crippen LogP contribution in [0.15, 0.2) is 53.4 Å². The molecule has 1 aliphatic heterocycles. The molecule has 1 N–H and O–H groups in total. The van der Waals surface area contributed by atoms with E-state index in [2.05, 4.69) is 14.5 Å². The molecule has 0 aliphatic carbocycles. The minimum Gasteiger partial charge on any atom is -0.369 e. The Morgan fingerprint density at radius 1 is 0.926 bits per heavy atom. The van der Waals surface area contributed by atoms with E-state index >= 15 is 0 Å². The number of nitrogens with zero attached hydrogens (tertiary/aromatic N) is 2. The van der Waals surface area contributed by atoms with Crippen molar-refractivity contribution < 1.29 is 17.2 Å². The highest BCUT2D eigenvalue weighted by atomic mass is 32.2. The molecule has 3 rings (SSSR count). The second kappa shape index (κ2) is 8.77. The maximum atomic E-state index is 13.6. The van der Waals surface area contributed by atoms with E-state index in [0.29, 0.717) is 6.42 Å². The van der Waals surface area contributed by atoms with Crippen molar-refractivity contribution >= 4 is 15.7 Å². The molecule has 0 spiro atoms. The van der Waals surface area contributed by atoms with Gasteiger partial charge in [-0.3, -0.25) is 4.90 Å². The summed E-state index contributed by atoms with van der Waals surface area (Å²) < 4.78 is 53.4. The van der Waals surface area contributed by atoms with E-state index in [1.54, 1.807) is 12.1 Å². The van der Waals surface area contributed by atoms with Crippen LogP contribution < -0.4 is 9.62 Å². The van der Waals surface area contributed by atoms with Crippen molar-refractivity contribution in [3.05, 3.63) is 60.2 Å². The van der Waals surface area contributed by atoms with E-state index in [-0.39, 0.29) is 17.3 Å². The smallest absolute Gasteiger partial charge is 0.243 e. The zero-order chi connectivity index (χ0) is 19.3. The van der Waals surface area contributed by atoms with Crippen LogP contribution >= 0.6 is 0 Å². The predicted molar refractivity (Wildman–Crippen MR) is 101 cm³/mol. The van der Waals surface area contributed by atoms with Crippen molar-refractivity contribution in [2.24, 2.45) is 0 Å². The normalized spacial score (nSPS) is 15.9. The summed E-state index contributed by atoms with van der Waals surface area (Å²) in [6, 6.07) is 11.8. The lowest BCUT2D eigenvalue weighted by molar-refractivity contribution is 0.255. The molecule has 1 fully saturated rings. The number of piperazine rings is 1. The third-order valence-corrected chi connectivity index (χ3v) is 6.13. The van der Waals surface area contributed by atoms with Gasteiger partial charge in [0.15, 0.2) is 0 Å². The fraction of sp³-hybridized carbons (Fsp3) is 0.368. The van der Waals surface area contributed by atoms with E-state index in [4.69, 9.17) is 0 Å². The summed E-state index contributed by atoms with van der Waals surface area (Å²) in [6.07, 6.45) is 0.643. The molecule has 1 aliphatic rings. The van der Waals surface area contributed by atoms with Crippen LogP contribution in [0.4, 0.5) is 14.5 Å². The van der Waals surface area contributed by atoms with Gasteiger partial charge < -0.3 is 4.90 Å².